The zero-order chi connectivity index (χ0) is 20.8. The Hall–Kier alpha value is -2.42. The Labute approximate surface area is 179 Å². The Morgan fingerprint density at radius 3 is 2.76 bits per heavy atom. The molecule has 0 bridgehead atoms. The predicted molar refractivity (Wildman–Crippen MR) is 110 cm³/mol. The van der Waals surface area contributed by atoms with E-state index in [1.54, 1.807) is 30.3 Å². The number of hydrogen-bond acceptors (Lipinski definition) is 5. The third-order valence-electron chi connectivity index (χ3n) is 3.53. The van der Waals surface area contributed by atoms with Gasteiger partial charge in [-0.1, -0.05) is 47.1 Å². The highest BCUT2D eigenvalue weighted by atomic mass is 35.5. The Balaban J connectivity index is 1.65. The van der Waals surface area contributed by atoms with Crippen LogP contribution in [0.1, 0.15) is 0 Å². The second kappa shape index (κ2) is 9.87. The number of halogens is 4. The van der Waals surface area contributed by atoms with E-state index in [0.29, 0.717) is 32.1 Å². The smallest absolute Gasteiger partial charge is 0.387 e. The summed E-state index contributed by atoms with van der Waals surface area (Å²) in [5.74, 6) is -0.207. The minimum Gasteiger partial charge on any atom is -0.435 e. The molecule has 0 aliphatic carbocycles. The summed E-state index contributed by atoms with van der Waals surface area (Å²) >= 11 is 13.0. The van der Waals surface area contributed by atoms with Crippen LogP contribution in [-0.4, -0.2) is 28.2 Å². The average Bonchev–Trinajstić information content (AvgIpc) is 2.68. The van der Waals surface area contributed by atoms with E-state index in [1.807, 2.05) is 0 Å². The molecule has 0 spiro atoms. The number of alkyl halides is 2. The van der Waals surface area contributed by atoms with Crippen LogP contribution in [0.2, 0.25) is 10.0 Å². The highest BCUT2D eigenvalue weighted by Gasteiger charge is 2.10. The summed E-state index contributed by atoms with van der Waals surface area (Å²) in [4.78, 5) is 20.6. The molecule has 0 saturated carbocycles. The summed E-state index contributed by atoms with van der Waals surface area (Å²) in [5.41, 5.74) is 1.56. The largest absolute Gasteiger partial charge is 0.435 e. The summed E-state index contributed by atoms with van der Waals surface area (Å²) in [7, 11) is 0. The van der Waals surface area contributed by atoms with Crippen molar-refractivity contribution in [3.63, 3.8) is 0 Å². The topological polar surface area (TPSA) is 64.1 Å². The molecular formula is C19H13Cl2F2N3O2S. The fraction of sp³-hybridized carbons (Fsp3) is 0.105. The van der Waals surface area contributed by atoms with Gasteiger partial charge in [-0.05, 0) is 36.4 Å². The zero-order valence-electron chi connectivity index (χ0n) is 14.6. The third-order valence-corrected chi connectivity index (χ3v) is 4.94. The van der Waals surface area contributed by atoms with Gasteiger partial charge in [-0.25, -0.2) is 9.97 Å². The van der Waals surface area contributed by atoms with E-state index in [4.69, 9.17) is 23.2 Å². The van der Waals surface area contributed by atoms with Gasteiger partial charge in [0, 0.05) is 16.8 Å². The van der Waals surface area contributed by atoms with Crippen LogP contribution in [0.15, 0.2) is 59.9 Å². The summed E-state index contributed by atoms with van der Waals surface area (Å²) in [5, 5.41) is 3.85. The summed E-state index contributed by atoms with van der Waals surface area (Å²) < 4.78 is 29.2. The maximum Gasteiger partial charge on any atom is 0.387 e. The van der Waals surface area contributed by atoms with Crippen molar-refractivity contribution in [2.45, 2.75) is 11.8 Å². The van der Waals surface area contributed by atoms with Crippen molar-refractivity contribution in [2.75, 3.05) is 11.1 Å². The number of anilines is 1. The van der Waals surface area contributed by atoms with Crippen LogP contribution in [0.25, 0.3) is 11.3 Å². The summed E-state index contributed by atoms with van der Waals surface area (Å²) in [6, 6.07) is 12.6. The molecule has 5 nitrogen and oxygen atoms in total. The number of nitrogens with one attached hydrogen (secondary N) is 1. The molecule has 0 aliphatic rings. The first-order valence-corrected chi connectivity index (χ1v) is 9.91. The van der Waals surface area contributed by atoms with Crippen LogP contribution < -0.4 is 10.1 Å². The normalized spacial score (nSPS) is 10.8. The second-order valence-electron chi connectivity index (χ2n) is 5.59. The lowest BCUT2D eigenvalue weighted by molar-refractivity contribution is -0.113. The minimum atomic E-state index is -2.91. The lowest BCUT2D eigenvalue weighted by Crippen LogP contribution is -2.14. The SMILES string of the molecule is O=C(CSc1nccc(-c2cccc(OC(F)F)c2)n1)Nc1ccc(Cl)cc1Cl. The monoisotopic (exact) mass is 455 g/mol. The first-order chi connectivity index (χ1) is 13.9. The molecule has 1 aromatic heterocycles. The molecule has 0 unspecified atom stereocenters. The van der Waals surface area contributed by atoms with E-state index in [-0.39, 0.29) is 17.4 Å². The number of benzene rings is 2. The van der Waals surface area contributed by atoms with E-state index in [1.165, 1.54) is 24.4 Å². The van der Waals surface area contributed by atoms with E-state index < -0.39 is 6.61 Å². The van der Waals surface area contributed by atoms with Crippen LogP contribution in [0.4, 0.5) is 14.5 Å². The van der Waals surface area contributed by atoms with Gasteiger partial charge in [0.05, 0.1) is 22.2 Å². The molecule has 1 heterocycles. The van der Waals surface area contributed by atoms with Crippen molar-refractivity contribution >= 4 is 46.6 Å². The molecule has 0 saturated heterocycles. The molecule has 150 valence electrons. The number of ether oxygens (including phenoxy) is 1. The van der Waals surface area contributed by atoms with Gasteiger partial charge >= 0.3 is 6.61 Å². The molecule has 0 aliphatic heterocycles. The third kappa shape index (κ3) is 6.28. The second-order valence-corrected chi connectivity index (χ2v) is 7.38. The van der Waals surface area contributed by atoms with Gasteiger partial charge in [0.15, 0.2) is 5.16 Å². The van der Waals surface area contributed by atoms with Crippen LogP contribution >= 0.6 is 35.0 Å². The molecule has 3 rings (SSSR count). The number of aromatic nitrogens is 2. The summed E-state index contributed by atoms with van der Waals surface area (Å²) in [6.45, 7) is -2.91. The zero-order valence-corrected chi connectivity index (χ0v) is 16.9. The highest BCUT2D eigenvalue weighted by Crippen LogP contribution is 2.27. The molecule has 1 amide bonds. The van der Waals surface area contributed by atoms with E-state index in [9.17, 15) is 13.6 Å². The molecule has 29 heavy (non-hydrogen) atoms. The first-order valence-electron chi connectivity index (χ1n) is 8.17. The van der Waals surface area contributed by atoms with Crippen molar-refractivity contribution < 1.29 is 18.3 Å². The maximum atomic E-state index is 12.4. The molecule has 10 heteroatoms. The van der Waals surface area contributed by atoms with Crippen LogP contribution in [0, 0.1) is 0 Å². The lowest BCUT2D eigenvalue weighted by Gasteiger charge is -2.08. The molecule has 0 fully saturated rings. The number of rotatable bonds is 7. The van der Waals surface area contributed by atoms with E-state index >= 15 is 0 Å². The van der Waals surface area contributed by atoms with Crippen molar-refractivity contribution in [1.29, 1.82) is 0 Å². The number of amides is 1. The average molecular weight is 456 g/mol. The first kappa shape index (κ1) is 21.3. The highest BCUT2D eigenvalue weighted by molar-refractivity contribution is 7.99. The van der Waals surface area contributed by atoms with Gasteiger partial charge in [-0.3, -0.25) is 4.79 Å². The number of thioether (sulfide) groups is 1. The fourth-order valence-corrected chi connectivity index (χ4v) is 3.40. The molecule has 0 radical (unpaired) electrons. The van der Waals surface area contributed by atoms with Gasteiger partial charge in [-0.2, -0.15) is 8.78 Å². The van der Waals surface area contributed by atoms with Crippen LogP contribution in [0.5, 0.6) is 5.75 Å². The molecule has 1 N–H and O–H groups in total. The number of nitrogens with zero attached hydrogens (tertiary/aromatic N) is 2. The van der Waals surface area contributed by atoms with Crippen molar-refractivity contribution in [1.82, 2.24) is 9.97 Å². The predicted octanol–water partition coefficient (Wildman–Crippen LogP) is 5.78. The van der Waals surface area contributed by atoms with E-state index in [0.717, 1.165) is 11.8 Å². The Bertz CT molecular complexity index is 1020. The van der Waals surface area contributed by atoms with Gasteiger partial charge in [0.25, 0.3) is 0 Å². The summed E-state index contributed by atoms with van der Waals surface area (Å²) in [6.07, 6.45) is 1.53. The molecular weight excluding hydrogens is 443 g/mol. The lowest BCUT2D eigenvalue weighted by atomic mass is 10.1. The standard InChI is InChI=1S/C19H13Cl2F2N3O2S/c20-12-4-5-16(14(21)9-12)25-17(27)10-29-19-24-7-6-15(26-19)11-2-1-3-13(8-11)28-18(22)23/h1-9,18H,10H2,(H,25,27). The van der Waals surface area contributed by atoms with Crippen molar-refractivity contribution in [3.05, 3.63) is 64.8 Å². The van der Waals surface area contributed by atoms with E-state index in [2.05, 4.69) is 20.0 Å². The Morgan fingerprint density at radius 2 is 2.00 bits per heavy atom. The molecule has 2 aromatic carbocycles. The number of carbonyl (C=O) groups is 1. The van der Waals surface area contributed by atoms with Crippen molar-refractivity contribution in [2.24, 2.45) is 0 Å². The Morgan fingerprint density at radius 1 is 1.17 bits per heavy atom. The van der Waals surface area contributed by atoms with Gasteiger partial charge in [-0.15, -0.1) is 0 Å². The van der Waals surface area contributed by atoms with Gasteiger partial charge in [0.1, 0.15) is 5.75 Å². The Kier molecular flexibility index (Phi) is 7.24. The molecule has 3 aromatic rings. The van der Waals surface area contributed by atoms with Crippen molar-refractivity contribution in [3.8, 4) is 17.0 Å². The van der Waals surface area contributed by atoms with Gasteiger partial charge < -0.3 is 10.1 Å². The maximum absolute atomic E-state index is 12.4. The van der Waals surface area contributed by atoms with Gasteiger partial charge in [0.2, 0.25) is 5.91 Å². The number of carbonyl (C=O) groups excluding carboxylic acids is 1. The minimum absolute atomic E-state index is 0.0320. The molecule has 0 atom stereocenters. The fourth-order valence-electron chi connectivity index (χ4n) is 2.31. The van der Waals surface area contributed by atoms with Crippen LogP contribution in [0.3, 0.4) is 0 Å². The number of hydrogen-bond donors (Lipinski definition) is 1. The van der Waals surface area contributed by atoms with Crippen LogP contribution in [-0.2, 0) is 4.79 Å². The quantitative estimate of drug-likeness (QED) is 0.361.